The number of methoxy groups -OCH3 is 1. The van der Waals surface area contributed by atoms with Gasteiger partial charge in [-0.05, 0) is 56.4 Å². The van der Waals surface area contributed by atoms with Gasteiger partial charge in [-0.25, -0.2) is 0 Å². The van der Waals surface area contributed by atoms with Gasteiger partial charge in [-0.2, -0.15) is 8.42 Å². The third kappa shape index (κ3) is 2.16. The lowest BCUT2D eigenvalue weighted by atomic mass is 9.59. The Hall–Kier alpha value is -1.45. The lowest BCUT2D eigenvalue weighted by molar-refractivity contribution is -0.164. The van der Waals surface area contributed by atoms with Crippen molar-refractivity contribution < 1.29 is 36.8 Å². The molecule has 1 saturated heterocycles. The highest BCUT2D eigenvalue weighted by Crippen LogP contribution is 2.78. The van der Waals surface area contributed by atoms with E-state index in [9.17, 15) is 23.1 Å². The topological polar surface area (TPSA) is 116 Å². The number of esters is 2. The summed E-state index contributed by atoms with van der Waals surface area (Å²) >= 11 is 0. The molecule has 3 unspecified atom stereocenters. The van der Waals surface area contributed by atoms with Gasteiger partial charge in [0, 0.05) is 11.8 Å². The summed E-state index contributed by atoms with van der Waals surface area (Å²) in [7, 11) is -2.50. The van der Waals surface area contributed by atoms with E-state index in [1.807, 2.05) is 0 Å². The second kappa shape index (κ2) is 5.66. The van der Waals surface area contributed by atoms with Crippen LogP contribution in [0.15, 0.2) is 12.2 Å². The fourth-order valence-electron chi connectivity index (χ4n) is 8.10. The number of hydrogen-bond acceptors (Lipinski definition) is 8. The SMILES string of the molecule is C=C1C[C@]23C[C@@]1(O)CCC2[C@@]12CC[C@H](OS(C)(=O)=O)[C@](C)(C(=O)O1)C2C3C(=O)OC. The van der Waals surface area contributed by atoms with E-state index in [0.717, 1.165) is 6.26 Å². The Kier molecular flexibility index (Phi) is 3.86. The molecule has 4 aliphatic carbocycles. The van der Waals surface area contributed by atoms with Crippen molar-refractivity contribution in [3.05, 3.63) is 12.2 Å². The molecule has 5 fully saturated rings. The fraction of sp³-hybridized carbons (Fsp3) is 0.810. The largest absolute Gasteiger partial charge is 0.469 e. The van der Waals surface area contributed by atoms with Gasteiger partial charge < -0.3 is 14.6 Å². The van der Waals surface area contributed by atoms with Gasteiger partial charge in [0.05, 0.1) is 31.0 Å². The predicted octanol–water partition coefficient (Wildman–Crippen LogP) is 1.32. The molecule has 1 aliphatic heterocycles. The molecule has 8 atom stereocenters. The molecule has 0 amide bonds. The van der Waals surface area contributed by atoms with Crippen molar-refractivity contribution in [2.45, 2.75) is 62.8 Å². The molecule has 0 radical (unpaired) electrons. The van der Waals surface area contributed by atoms with Gasteiger partial charge in [0.25, 0.3) is 10.1 Å². The van der Waals surface area contributed by atoms with Crippen molar-refractivity contribution in [2.75, 3.05) is 13.4 Å². The molecule has 30 heavy (non-hydrogen) atoms. The Morgan fingerprint density at radius 1 is 1.30 bits per heavy atom. The molecular formula is C21H28O8S. The Balaban J connectivity index is 1.71. The van der Waals surface area contributed by atoms with E-state index in [4.69, 9.17) is 13.7 Å². The summed E-state index contributed by atoms with van der Waals surface area (Å²) in [5, 5.41) is 11.2. The molecule has 1 N–H and O–H groups in total. The summed E-state index contributed by atoms with van der Waals surface area (Å²) in [6, 6.07) is 0. The first-order valence-corrected chi connectivity index (χ1v) is 12.3. The zero-order chi connectivity index (χ0) is 21.9. The molecule has 4 bridgehead atoms. The Labute approximate surface area is 176 Å². The minimum Gasteiger partial charge on any atom is -0.469 e. The zero-order valence-electron chi connectivity index (χ0n) is 17.5. The summed E-state index contributed by atoms with van der Waals surface area (Å²) in [6.45, 7) is 5.77. The van der Waals surface area contributed by atoms with Gasteiger partial charge in [0.1, 0.15) is 11.0 Å². The van der Waals surface area contributed by atoms with Crippen LogP contribution < -0.4 is 0 Å². The van der Waals surface area contributed by atoms with Crippen LogP contribution >= 0.6 is 0 Å². The molecule has 9 heteroatoms. The first-order valence-electron chi connectivity index (χ1n) is 10.4. The highest BCUT2D eigenvalue weighted by molar-refractivity contribution is 7.86. The molecule has 0 aromatic rings. The average Bonchev–Trinajstić information content (AvgIpc) is 3.06. The van der Waals surface area contributed by atoms with Crippen LogP contribution in [0.4, 0.5) is 0 Å². The van der Waals surface area contributed by atoms with Crippen LogP contribution in [0.1, 0.15) is 45.4 Å². The summed E-state index contributed by atoms with van der Waals surface area (Å²) < 4.78 is 40.6. The summed E-state index contributed by atoms with van der Waals surface area (Å²) in [5.74, 6) is -2.37. The maximum absolute atomic E-state index is 13.2. The monoisotopic (exact) mass is 440 g/mol. The molecule has 1 spiro atoms. The highest BCUT2D eigenvalue weighted by Gasteiger charge is 2.84. The number of carbonyl (C=O) groups excluding carboxylic acids is 2. The first-order chi connectivity index (χ1) is 13.8. The molecule has 1 heterocycles. The maximum Gasteiger partial charge on any atom is 0.315 e. The second-order valence-electron chi connectivity index (χ2n) is 10.2. The lowest BCUT2D eigenvalue weighted by Gasteiger charge is -2.46. The molecule has 166 valence electrons. The van der Waals surface area contributed by atoms with Gasteiger partial charge >= 0.3 is 11.9 Å². The quantitative estimate of drug-likeness (QED) is 0.397. The van der Waals surface area contributed by atoms with Gasteiger partial charge in [0.2, 0.25) is 0 Å². The Bertz CT molecular complexity index is 973. The van der Waals surface area contributed by atoms with Crippen LogP contribution in [-0.4, -0.2) is 56.1 Å². The van der Waals surface area contributed by atoms with Gasteiger partial charge in [-0.1, -0.05) is 6.58 Å². The van der Waals surface area contributed by atoms with Crippen LogP contribution in [0.5, 0.6) is 0 Å². The van der Waals surface area contributed by atoms with Crippen LogP contribution in [0.25, 0.3) is 0 Å². The first kappa shape index (κ1) is 20.5. The molecular weight excluding hydrogens is 412 g/mol. The Morgan fingerprint density at radius 2 is 2.00 bits per heavy atom. The van der Waals surface area contributed by atoms with Crippen molar-refractivity contribution in [2.24, 2.45) is 28.6 Å². The van der Waals surface area contributed by atoms with E-state index in [0.29, 0.717) is 44.1 Å². The zero-order valence-corrected chi connectivity index (χ0v) is 18.3. The number of carbonyl (C=O) groups is 2. The molecule has 0 aromatic heterocycles. The smallest absolute Gasteiger partial charge is 0.315 e. The normalized spacial score (nSPS) is 51.3. The van der Waals surface area contributed by atoms with E-state index in [2.05, 4.69) is 6.58 Å². The molecule has 8 nitrogen and oxygen atoms in total. The number of rotatable bonds is 3. The predicted molar refractivity (Wildman–Crippen MR) is 103 cm³/mol. The van der Waals surface area contributed by atoms with Crippen LogP contribution in [0.3, 0.4) is 0 Å². The van der Waals surface area contributed by atoms with E-state index in [-0.39, 0.29) is 5.92 Å². The Morgan fingerprint density at radius 3 is 2.63 bits per heavy atom. The third-order valence-electron chi connectivity index (χ3n) is 9.01. The van der Waals surface area contributed by atoms with Crippen molar-refractivity contribution in [1.82, 2.24) is 0 Å². The summed E-state index contributed by atoms with van der Waals surface area (Å²) in [4.78, 5) is 26.4. The van der Waals surface area contributed by atoms with Crippen molar-refractivity contribution in [3.8, 4) is 0 Å². The number of ether oxygens (including phenoxy) is 2. The number of fused-ring (bicyclic) bond motifs is 1. The van der Waals surface area contributed by atoms with Crippen LogP contribution in [0.2, 0.25) is 0 Å². The van der Waals surface area contributed by atoms with Gasteiger partial charge in [-0.3, -0.25) is 13.8 Å². The van der Waals surface area contributed by atoms with Crippen molar-refractivity contribution >= 4 is 22.1 Å². The van der Waals surface area contributed by atoms with Crippen molar-refractivity contribution in [1.29, 1.82) is 0 Å². The lowest BCUT2D eigenvalue weighted by Crippen LogP contribution is -2.54. The molecule has 4 saturated carbocycles. The minimum absolute atomic E-state index is 0.122. The van der Waals surface area contributed by atoms with E-state index < -0.39 is 62.0 Å². The minimum atomic E-state index is -3.82. The molecule has 5 rings (SSSR count). The average molecular weight is 441 g/mol. The number of hydrogen-bond donors (Lipinski definition) is 1. The third-order valence-corrected chi connectivity index (χ3v) is 9.59. The van der Waals surface area contributed by atoms with E-state index in [1.165, 1.54) is 7.11 Å². The van der Waals surface area contributed by atoms with Crippen LogP contribution in [-0.2, 0) is 33.4 Å². The fourth-order valence-corrected chi connectivity index (χ4v) is 8.82. The molecule has 0 aromatic carbocycles. The summed E-state index contributed by atoms with van der Waals surface area (Å²) in [6.07, 6.45) is 2.79. The second-order valence-corrected chi connectivity index (χ2v) is 11.8. The number of aliphatic hydroxyl groups is 1. The van der Waals surface area contributed by atoms with Crippen molar-refractivity contribution in [3.63, 3.8) is 0 Å². The van der Waals surface area contributed by atoms with Gasteiger partial charge in [-0.15, -0.1) is 0 Å². The van der Waals surface area contributed by atoms with E-state index >= 15 is 0 Å². The van der Waals surface area contributed by atoms with Gasteiger partial charge in [0.15, 0.2) is 0 Å². The summed E-state index contributed by atoms with van der Waals surface area (Å²) in [5.41, 5.74) is -3.11. The highest BCUT2D eigenvalue weighted by atomic mass is 32.2. The standard InChI is InChI=1S/C21H28O8S/c1-11-9-19-10-20(11,24)7-5-12(19)21-8-6-13(29-30(4,25)26)18(2,17(23)28-21)15(21)14(19)16(22)27-3/h12-15,24H,1,5-10H2,2-4H3/t12?,13-,14?,15?,18-,19-,20-,21+/m0/s1. The molecule has 5 aliphatic rings. The van der Waals surface area contributed by atoms with Crippen LogP contribution in [0, 0.1) is 28.6 Å². The maximum atomic E-state index is 13.2. The van der Waals surface area contributed by atoms with E-state index in [1.54, 1.807) is 6.92 Å².